The second-order valence-electron chi connectivity index (χ2n) is 5.16. The molecular formula is C16H19N3O. The van der Waals surface area contributed by atoms with Crippen molar-refractivity contribution in [1.82, 2.24) is 9.97 Å². The van der Waals surface area contributed by atoms with E-state index in [0.29, 0.717) is 12.0 Å². The number of nitrogens with zero attached hydrogens (tertiary/aromatic N) is 2. The Bertz CT molecular complexity index is 559. The van der Waals surface area contributed by atoms with E-state index >= 15 is 0 Å². The van der Waals surface area contributed by atoms with Gasteiger partial charge in [0.05, 0.1) is 6.10 Å². The summed E-state index contributed by atoms with van der Waals surface area (Å²) in [6.45, 7) is 2.74. The van der Waals surface area contributed by atoms with Gasteiger partial charge in [-0.25, -0.2) is 9.97 Å². The lowest BCUT2D eigenvalue weighted by atomic mass is 9.97. The van der Waals surface area contributed by atoms with Crippen molar-refractivity contribution in [2.45, 2.75) is 31.9 Å². The quantitative estimate of drug-likeness (QED) is 0.930. The lowest BCUT2D eigenvalue weighted by molar-refractivity contribution is 0.00969. The van der Waals surface area contributed by atoms with E-state index in [2.05, 4.69) is 39.6 Å². The molecule has 1 aromatic heterocycles. The molecule has 1 aliphatic rings. The van der Waals surface area contributed by atoms with Gasteiger partial charge in [-0.1, -0.05) is 30.3 Å². The number of anilines is 1. The molecule has 2 atom stereocenters. The maximum atomic E-state index is 5.87. The first-order valence-electron chi connectivity index (χ1n) is 7.04. The highest BCUT2D eigenvalue weighted by Gasteiger charge is 2.24. The van der Waals surface area contributed by atoms with Crippen molar-refractivity contribution in [1.29, 1.82) is 0 Å². The average Bonchev–Trinajstić information content (AvgIpc) is 2.48. The smallest absolute Gasteiger partial charge is 0.223 e. The fourth-order valence-corrected chi connectivity index (χ4v) is 2.53. The van der Waals surface area contributed by atoms with E-state index in [1.54, 1.807) is 6.20 Å². The summed E-state index contributed by atoms with van der Waals surface area (Å²) in [6, 6.07) is 12.6. The molecule has 1 aliphatic heterocycles. The first-order chi connectivity index (χ1) is 9.81. The Morgan fingerprint density at radius 1 is 1.20 bits per heavy atom. The van der Waals surface area contributed by atoms with Crippen molar-refractivity contribution in [3.63, 3.8) is 0 Å². The zero-order chi connectivity index (χ0) is 13.8. The zero-order valence-electron chi connectivity index (χ0n) is 11.6. The lowest BCUT2D eigenvalue weighted by Gasteiger charge is -2.30. The molecular weight excluding hydrogens is 250 g/mol. The van der Waals surface area contributed by atoms with Crippen LogP contribution in [0.3, 0.4) is 0 Å². The Kier molecular flexibility index (Phi) is 3.92. The summed E-state index contributed by atoms with van der Waals surface area (Å²) < 4.78 is 5.87. The van der Waals surface area contributed by atoms with Crippen LogP contribution in [0.15, 0.2) is 42.6 Å². The Morgan fingerprint density at radius 2 is 2.05 bits per heavy atom. The minimum absolute atomic E-state index is 0.159. The monoisotopic (exact) mass is 269 g/mol. The molecule has 2 unspecified atom stereocenters. The summed E-state index contributed by atoms with van der Waals surface area (Å²) in [5, 5.41) is 3.42. The molecule has 0 bridgehead atoms. The number of aromatic nitrogens is 2. The Morgan fingerprint density at radius 3 is 2.85 bits per heavy atom. The standard InChI is InChI=1S/C16H19N3O/c1-12-7-9-17-16(18-12)19-14-8-10-20-15(11-14)13-5-3-2-4-6-13/h2-7,9,14-15H,8,10-11H2,1H3,(H,17,18,19). The second kappa shape index (κ2) is 6.01. The molecule has 0 aliphatic carbocycles. The van der Waals surface area contributed by atoms with Gasteiger partial charge < -0.3 is 10.1 Å². The van der Waals surface area contributed by atoms with Gasteiger partial charge in [-0.15, -0.1) is 0 Å². The molecule has 4 nitrogen and oxygen atoms in total. The van der Waals surface area contributed by atoms with Gasteiger partial charge in [0.1, 0.15) is 0 Å². The van der Waals surface area contributed by atoms with Gasteiger partial charge in [-0.05, 0) is 31.4 Å². The maximum absolute atomic E-state index is 5.87. The molecule has 2 heterocycles. The van der Waals surface area contributed by atoms with E-state index in [0.717, 1.165) is 25.1 Å². The second-order valence-corrected chi connectivity index (χ2v) is 5.16. The summed E-state index contributed by atoms with van der Waals surface area (Å²) in [5.41, 5.74) is 2.22. The number of aryl methyl sites for hydroxylation is 1. The molecule has 0 amide bonds. The summed E-state index contributed by atoms with van der Waals surface area (Å²) in [5.74, 6) is 0.712. The molecule has 1 N–H and O–H groups in total. The van der Waals surface area contributed by atoms with E-state index in [9.17, 15) is 0 Å². The van der Waals surface area contributed by atoms with E-state index in [4.69, 9.17) is 4.74 Å². The maximum Gasteiger partial charge on any atom is 0.223 e. The van der Waals surface area contributed by atoms with E-state index in [-0.39, 0.29) is 6.10 Å². The van der Waals surface area contributed by atoms with Crippen LogP contribution in [0.5, 0.6) is 0 Å². The highest BCUT2D eigenvalue weighted by atomic mass is 16.5. The fourth-order valence-electron chi connectivity index (χ4n) is 2.53. The predicted molar refractivity (Wildman–Crippen MR) is 78.5 cm³/mol. The number of hydrogen-bond acceptors (Lipinski definition) is 4. The van der Waals surface area contributed by atoms with Gasteiger partial charge in [0.15, 0.2) is 0 Å². The van der Waals surface area contributed by atoms with Crippen LogP contribution in [0, 0.1) is 6.92 Å². The van der Waals surface area contributed by atoms with Crippen molar-refractivity contribution in [2.24, 2.45) is 0 Å². The summed E-state index contributed by atoms with van der Waals surface area (Å²) in [7, 11) is 0. The van der Waals surface area contributed by atoms with Crippen LogP contribution in [0.25, 0.3) is 0 Å². The number of nitrogens with one attached hydrogen (secondary N) is 1. The summed E-state index contributed by atoms with van der Waals surface area (Å²) >= 11 is 0. The van der Waals surface area contributed by atoms with Crippen LogP contribution in [-0.4, -0.2) is 22.6 Å². The molecule has 0 radical (unpaired) electrons. The predicted octanol–water partition coefficient (Wildman–Crippen LogP) is 3.12. The molecule has 0 spiro atoms. The molecule has 3 rings (SSSR count). The third-order valence-corrected chi connectivity index (χ3v) is 3.58. The van der Waals surface area contributed by atoms with Gasteiger partial charge in [0.25, 0.3) is 0 Å². The third kappa shape index (κ3) is 3.14. The van der Waals surface area contributed by atoms with Crippen LogP contribution < -0.4 is 5.32 Å². The van der Waals surface area contributed by atoms with Crippen LogP contribution in [0.4, 0.5) is 5.95 Å². The van der Waals surface area contributed by atoms with E-state index in [1.165, 1.54) is 5.56 Å². The van der Waals surface area contributed by atoms with Crippen LogP contribution in [0.1, 0.15) is 30.2 Å². The number of rotatable bonds is 3. The van der Waals surface area contributed by atoms with Crippen LogP contribution >= 0.6 is 0 Å². The first-order valence-corrected chi connectivity index (χ1v) is 7.04. The molecule has 1 aromatic carbocycles. The fraction of sp³-hybridized carbons (Fsp3) is 0.375. The lowest BCUT2D eigenvalue weighted by Crippen LogP contribution is -2.30. The largest absolute Gasteiger partial charge is 0.373 e. The van der Waals surface area contributed by atoms with E-state index < -0.39 is 0 Å². The minimum Gasteiger partial charge on any atom is -0.373 e. The highest BCUT2D eigenvalue weighted by Crippen LogP contribution is 2.29. The van der Waals surface area contributed by atoms with Gasteiger partial charge in [-0.2, -0.15) is 0 Å². The third-order valence-electron chi connectivity index (χ3n) is 3.58. The molecule has 1 saturated heterocycles. The number of benzene rings is 1. The van der Waals surface area contributed by atoms with Gasteiger partial charge >= 0.3 is 0 Å². The average molecular weight is 269 g/mol. The van der Waals surface area contributed by atoms with Crippen LogP contribution in [-0.2, 0) is 4.74 Å². The topological polar surface area (TPSA) is 47.0 Å². The Hall–Kier alpha value is -1.94. The summed E-state index contributed by atoms with van der Waals surface area (Å²) in [6.07, 6.45) is 3.88. The van der Waals surface area contributed by atoms with Crippen molar-refractivity contribution in [3.05, 3.63) is 53.9 Å². The highest BCUT2D eigenvalue weighted by molar-refractivity contribution is 5.27. The molecule has 0 saturated carbocycles. The molecule has 2 aromatic rings. The molecule has 20 heavy (non-hydrogen) atoms. The molecule has 4 heteroatoms. The van der Waals surface area contributed by atoms with Gasteiger partial charge in [0, 0.05) is 24.5 Å². The van der Waals surface area contributed by atoms with Crippen LogP contribution in [0.2, 0.25) is 0 Å². The van der Waals surface area contributed by atoms with Crippen molar-refractivity contribution in [2.75, 3.05) is 11.9 Å². The molecule has 104 valence electrons. The van der Waals surface area contributed by atoms with Crippen molar-refractivity contribution in [3.8, 4) is 0 Å². The minimum atomic E-state index is 0.159. The Balaban J connectivity index is 1.66. The van der Waals surface area contributed by atoms with Crippen molar-refractivity contribution >= 4 is 5.95 Å². The molecule has 1 fully saturated rings. The first kappa shape index (κ1) is 13.1. The zero-order valence-corrected chi connectivity index (χ0v) is 11.6. The SMILES string of the molecule is Cc1ccnc(NC2CCOC(c3ccccc3)C2)n1. The normalized spacial score (nSPS) is 22.4. The Labute approximate surface area is 119 Å². The van der Waals surface area contributed by atoms with Gasteiger partial charge in [-0.3, -0.25) is 0 Å². The van der Waals surface area contributed by atoms with Gasteiger partial charge in [0.2, 0.25) is 5.95 Å². The summed E-state index contributed by atoms with van der Waals surface area (Å²) in [4.78, 5) is 8.67. The number of hydrogen-bond donors (Lipinski definition) is 1. The number of ether oxygens (including phenoxy) is 1. The van der Waals surface area contributed by atoms with Crippen molar-refractivity contribution < 1.29 is 4.74 Å². The van der Waals surface area contributed by atoms with E-state index in [1.807, 2.05) is 19.1 Å².